The van der Waals surface area contributed by atoms with Crippen LogP contribution in [0, 0.1) is 0 Å². The maximum atomic E-state index is 12.8. The summed E-state index contributed by atoms with van der Waals surface area (Å²) in [7, 11) is 0. The minimum atomic E-state index is -0.00492. The van der Waals surface area contributed by atoms with E-state index in [0.717, 1.165) is 25.1 Å². The molecule has 26 heavy (non-hydrogen) atoms. The highest BCUT2D eigenvalue weighted by Gasteiger charge is 2.27. The predicted molar refractivity (Wildman–Crippen MR) is 98.2 cm³/mol. The standard InChI is InChI=1S/C20H23N3O3/c24-19(23-8-3-5-16-4-1-2-6-18(16)23)14-21-9-11-22(12-10-21)20(25)17-7-13-26-15-17/h1-2,4,6-7,13,15H,3,5,8-12,14H2. The number of amides is 2. The topological polar surface area (TPSA) is 57.0 Å². The number of benzene rings is 1. The van der Waals surface area contributed by atoms with E-state index in [2.05, 4.69) is 11.0 Å². The molecule has 2 aliphatic rings. The molecule has 0 atom stereocenters. The normalized spacial score (nSPS) is 17.8. The fourth-order valence-electron chi connectivity index (χ4n) is 3.75. The molecule has 0 bridgehead atoms. The third kappa shape index (κ3) is 3.37. The van der Waals surface area contributed by atoms with E-state index in [9.17, 15) is 9.59 Å². The van der Waals surface area contributed by atoms with Crippen LogP contribution in [0.15, 0.2) is 47.3 Å². The van der Waals surface area contributed by atoms with E-state index >= 15 is 0 Å². The van der Waals surface area contributed by atoms with Gasteiger partial charge in [-0.15, -0.1) is 0 Å². The summed E-state index contributed by atoms with van der Waals surface area (Å²) in [5.41, 5.74) is 2.89. The highest BCUT2D eigenvalue weighted by Crippen LogP contribution is 2.26. The molecule has 0 saturated carbocycles. The van der Waals surface area contributed by atoms with Gasteiger partial charge in [0, 0.05) is 38.4 Å². The molecule has 1 fully saturated rings. The molecule has 2 aromatic rings. The summed E-state index contributed by atoms with van der Waals surface area (Å²) in [6.07, 6.45) is 5.04. The molecule has 0 N–H and O–H groups in total. The van der Waals surface area contributed by atoms with Crippen molar-refractivity contribution in [2.24, 2.45) is 0 Å². The zero-order chi connectivity index (χ0) is 17.9. The van der Waals surface area contributed by atoms with E-state index in [1.54, 1.807) is 6.07 Å². The van der Waals surface area contributed by atoms with E-state index in [1.807, 2.05) is 28.0 Å². The largest absolute Gasteiger partial charge is 0.472 e. The first-order valence-electron chi connectivity index (χ1n) is 9.14. The van der Waals surface area contributed by atoms with Crippen LogP contribution in [0.25, 0.3) is 0 Å². The van der Waals surface area contributed by atoms with Crippen molar-refractivity contribution in [1.29, 1.82) is 0 Å². The number of anilines is 1. The molecule has 0 radical (unpaired) electrons. The molecule has 2 amide bonds. The molecule has 0 aliphatic carbocycles. The number of rotatable bonds is 3. The molecule has 136 valence electrons. The summed E-state index contributed by atoms with van der Waals surface area (Å²) in [5.74, 6) is 0.140. The third-order valence-corrected chi connectivity index (χ3v) is 5.20. The second-order valence-electron chi connectivity index (χ2n) is 6.86. The maximum Gasteiger partial charge on any atom is 0.257 e. The molecular weight excluding hydrogens is 330 g/mol. The molecule has 4 rings (SSSR count). The number of aryl methyl sites for hydroxylation is 1. The zero-order valence-electron chi connectivity index (χ0n) is 14.8. The molecule has 1 saturated heterocycles. The third-order valence-electron chi connectivity index (χ3n) is 5.20. The van der Waals surface area contributed by atoms with Crippen LogP contribution in [0.1, 0.15) is 22.3 Å². The molecule has 3 heterocycles. The van der Waals surface area contributed by atoms with E-state index in [4.69, 9.17) is 4.42 Å². The number of furan rings is 1. The number of fused-ring (bicyclic) bond motifs is 1. The van der Waals surface area contributed by atoms with Gasteiger partial charge in [0.15, 0.2) is 0 Å². The molecule has 6 nitrogen and oxygen atoms in total. The van der Waals surface area contributed by atoms with Crippen LogP contribution in [0.5, 0.6) is 0 Å². The second-order valence-corrected chi connectivity index (χ2v) is 6.86. The molecule has 2 aliphatic heterocycles. The lowest BCUT2D eigenvalue weighted by Gasteiger charge is -2.36. The van der Waals surface area contributed by atoms with Gasteiger partial charge in [0.25, 0.3) is 5.91 Å². The minimum absolute atomic E-state index is 0.00492. The van der Waals surface area contributed by atoms with Gasteiger partial charge in [-0.1, -0.05) is 18.2 Å². The van der Waals surface area contributed by atoms with Crippen molar-refractivity contribution in [2.75, 3.05) is 44.2 Å². The zero-order valence-corrected chi connectivity index (χ0v) is 14.8. The first-order valence-corrected chi connectivity index (χ1v) is 9.14. The Morgan fingerprint density at radius 3 is 2.58 bits per heavy atom. The summed E-state index contributed by atoms with van der Waals surface area (Å²) in [6.45, 7) is 3.88. The van der Waals surface area contributed by atoms with Crippen molar-refractivity contribution >= 4 is 17.5 Å². The first kappa shape index (κ1) is 16.8. The van der Waals surface area contributed by atoms with Crippen molar-refractivity contribution in [3.8, 4) is 0 Å². The quantitative estimate of drug-likeness (QED) is 0.847. The van der Waals surface area contributed by atoms with E-state index in [-0.39, 0.29) is 11.8 Å². The lowest BCUT2D eigenvalue weighted by atomic mass is 10.0. The van der Waals surface area contributed by atoms with Gasteiger partial charge >= 0.3 is 0 Å². The number of carbonyl (C=O) groups is 2. The van der Waals surface area contributed by atoms with Gasteiger partial charge in [-0.05, 0) is 30.5 Å². The summed E-state index contributed by atoms with van der Waals surface area (Å²) < 4.78 is 4.99. The van der Waals surface area contributed by atoms with Crippen molar-refractivity contribution in [2.45, 2.75) is 12.8 Å². The van der Waals surface area contributed by atoms with Crippen LogP contribution in [0.3, 0.4) is 0 Å². The van der Waals surface area contributed by atoms with E-state index < -0.39 is 0 Å². The molecule has 0 spiro atoms. The SMILES string of the molecule is O=C(c1ccoc1)N1CCN(CC(=O)N2CCCc3ccccc32)CC1. The van der Waals surface area contributed by atoms with Crippen LogP contribution in [0.4, 0.5) is 5.69 Å². The summed E-state index contributed by atoms with van der Waals surface area (Å²) in [6, 6.07) is 9.85. The highest BCUT2D eigenvalue weighted by molar-refractivity contribution is 5.96. The Balaban J connectivity index is 1.34. The van der Waals surface area contributed by atoms with Crippen molar-refractivity contribution in [1.82, 2.24) is 9.80 Å². The average molecular weight is 353 g/mol. The number of carbonyl (C=O) groups excluding carboxylic acids is 2. The Morgan fingerprint density at radius 2 is 1.81 bits per heavy atom. The Morgan fingerprint density at radius 1 is 1.00 bits per heavy atom. The van der Waals surface area contributed by atoms with Crippen LogP contribution in [-0.2, 0) is 11.2 Å². The van der Waals surface area contributed by atoms with Gasteiger partial charge in [-0.25, -0.2) is 0 Å². The smallest absolute Gasteiger partial charge is 0.257 e. The van der Waals surface area contributed by atoms with Gasteiger partial charge in [0.1, 0.15) is 6.26 Å². The molecule has 1 aromatic carbocycles. The van der Waals surface area contributed by atoms with Gasteiger partial charge in [-0.3, -0.25) is 14.5 Å². The van der Waals surface area contributed by atoms with Gasteiger partial charge in [0.2, 0.25) is 5.91 Å². The number of hydrogen-bond donors (Lipinski definition) is 0. The first-order chi connectivity index (χ1) is 12.7. The summed E-state index contributed by atoms with van der Waals surface area (Å²) in [5, 5.41) is 0. The number of para-hydroxylation sites is 1. The van der Waals surface area contributed by atoms with Crippen molar-refractivity contribution in [3.63, 3.8) is 0 Å². The van der Waals surface area contributed by atoms with Crippen LogP contribution >= 0.6 is 0 Å². The monoisotopic (exact) mass is 353 g/mol. The lowest BCUT2D eigenvalue weighted by Crippen LogP contribution is -2.52. The van der Waals surface area contributed by atoms with E-state index in [1.165, 1.54) is 18.1 Å². The summed E-state index contributed by atoms with van der Waals surface area (Å²) >= 11 is 0. The second kappa shape index (κ2) is 7.33. The fraction of sp³-hybridized carbons (Fsp3) is 0.400. The number of hydrogen-bond acceptors (Lipinski definition) is 4. The molecule has 0 unspecified atom stereocenters. The maximum absolute atomic E-state index is 12.8. The molecule has 1 aromatic heterocycles. The molecule has 6 heteroatoms. The highest BCUT2D eigenvalue weighted by atomic mass is 16.3. The van der Waals surface area contributed by atoms with Crippen LogP contribution < -0.4 is 4.90 Å². The van der Waals surface area contributed by atoms with Crippen molar-refractivity contribution < 1.29 is 14.0 Å². The van der Waals surface area contributed by atoms with Crippen molar-refractivity contribution in [3.05, 3.63) is 54.0 Å². The van der Waals surface area contributed by atoms with Gasteiger partial charge < -0.3 is 14.2 Å². The minimum Gasteiger partial charge on any atom is -0.472 e. The predicted octanol–water partition coefficient (Wildman–Crippen LogP) is 2.02. The number of piperazine rings is 1. The van der Waals surface area contributed by atoms with Crippen LogP contribution in [-0.4, -0.2) is 60.9 Å². The Bertz CT molecular complexity index is 779. The Kier molecular flexibility index (Phi) is 4.75. The Hall–Kier alpha value is -2.60. The van der Waals surface area contributed by atoms with Crippen LogP contribution in [0.2, 0.25) is 0 Å². The average Bonchev–Trinajstić information content (AvgIpc) is 3.22. The summed E-state index contributed by atoms with van der Waals surface area (Å²) in [4.78, 5) is 31.0. The fourth-order valence-corrected chi connectivity index (χ4v) is 3.75. The number of nitrogens with zero attached hydrogens (tertiary/aromatic N) is 3. The Labute approximate surface area is 153 Å². The van der Waals surface area contributed by atoms with Gasteiger partial charge in [-0.2, -0.15) is 0 Å². The van der Waals surface area contributed by atoms with Gasteiger partial charge in [0.05, 0.1) is 18.4 Å². The lowest BCUT2D eigenvalue weighted by molar-refractivity contribution is -0.120. The van der Waals surface area contributed by atoms with E-state index in [0.29, 0.717) is 38.3 Å². The molecular formula is C20H23N3O3.